The molecule has 1 unspecified atom stereocenters. The minimum Gasteiger partial charge on any atom is -0.383 e. The van der Waals surface area contributed by atoms with Crippen molar-refractivity contribution < 1.29 is 9.47 Å². The van der Waals surface area contributed by atoms with Gasteiger partial charge in [0.2, 0.25) is 0 Å². The Morgan fingerprint density at radius 1 is 1.43 bits per heavy atom. The second kappa shape index (κ2) is 8.97. The van der Waals surface area contributed by atoms with E-state index in [0.717, 1.165) is 45.1 Å². The number of rotatable bonds is 8. The van der Waals surface area contributed by atoms with E-state index >= 15 is 0 Å². The third-order valence-electron chi connectivity index (χ3n) is 3.76. The van der Waals surface area contributed by atoms with Crippen LogP contribution in [0.4, 0.5) is 5.82 Å². The van der Waals surface area contributed by atoms with Gasteiger partial charge in [-0.25, -0.2) is 4.98 Å². The molecule has 118 valence electrons. The van der Waals surface area contributed by atoms with Crippen LogP contribution < -0.4 is 10.2 Å². The smallest absolute Gasteiger partial charge is 0.128 e. The summed E-state index contributed by atoms with van der Waals surface area (Å²) in [5.74, 6) is 1.00. The molecule has 2 heterocycles. The van der Waals surface area contributed by atoms with E-state index in [2.05, 4.69) is 34.4 Å². The Hall–Kier alpha value is -1.17. The molecule has 1 aliphatic heterocycles. The molecule has 1 saturated heterocycles. The van der Waals surface area contributed by atoms with Crippen LogP contribution in [0, 0.1) is 0 Å². The number of anilines is 1. The van der Waals surface area contributed by atoms with Gasteiger partial charge in [-0.05, 0) is 30.9 Å². The van der Waals surface area contributed by atoms with Crippen LogP contribution >= 0.6 is 0 Å². The van der Waals surface area contributed by atoms with E-state index in [1.165, 1.54) is 18.4 Å². The van der Waals surface area contributed by atoms with Crippen LogP contribution in [0.1, 0.15) is 24.8 Å². The first kappa shape index (κ1) is 16.2. The van der Waals surface area contributed by atoms with E-state index in [9.17, 15) is 0 Å². The normalized spacial score (nSPS) is 18.7. The van der Waals surface area contributed by atoms with Gasteiger partial charge in [0.15, 0.2) is 0 Å². The highest BCUT2D eigenvalue weighted by Gasteiger charge is 2.16. The molecule has 5 heteroatoms. The Morgan fingerprint density at radius 2 is 2.33 bits per heavy atom. The number of ether oxygens (including phenoxy) is 2. The predicted octanol–water partition coefficient (Wildman–Crippen LogP) is 1.82. The zero-order valence-electron chi connectivity index (χ0n) is 13.2. The molecule has 2 rings (SSSR count). The van der Waals surface area contributed by atoms with Gasteiger partial charge in [0.25, 0.3) is 0 Å². The van der Waals surface area contributed by atoms with E-state index in [0.29, 0.717) is 6.10 Å². The summed E-state index contributed by atoms with van der Waals surface area (Å²) in [6.45, 7) is 4.23. The molecule has 0 spiro atoms. The number of hydrogen-bond donors (Lipinski definition) is 1. The maximum Gasteiger partial charge on any atom is 0.128 e. The predicted molar refractivity (Wildman–Crippen MR) is 84.7 cm³/mol. The van der Waals surface area contributed by atoms with E-state index in [1.54, 1.807) is 7.11 Å². The van der Waals surface area contributed by atoms with Gasteiger partial charge in [0, 0.05) is 46.6 Å². The molecule has 0 amide bonds. The van der Waals surface area contributed by atoms with Crippen LogP contribution in [0.25, 0.3) is 0 Å². The molecule has 1 aromatic heterocycles. The molecule has 1 atom stereocenters. The van der Waals surface area contributed by atoms with Crippen molar-refractivity contribution in [1.29, 1.82) is 0 Å². The molecule has 0 radical (unpaired) electrons. The fourth-order valence-electron chi connectivity index (χ4n) is 2.50. The molecule has 1 fully saturated rings. The van der Waals surface area contributed by atoms with Crippen molar-refractivity contribution in [1.82, 2.24) is 10.3 Å². The number of aromatic nitrogens is 1. The highest BCUT2D eigenvalue weighted by Crippen LogP contribution is 2.16. The fraction of sp³-hybridized carbons (Fsp3) is 0.688. The lowest BCUT2D eigenvalue weighted by molar-refractivity contribution is 0.0215. The van der Waals surface area contributed by atoms with Gasteiger partial charge in [0.05, 0.1) is 12.7 Å². The molecule has 1 aromatic rings. The summed E-state index contributed by atoms with van der Waals surface area (Å²) >= 11 is 0. The van der Waals surface area contributed by atoms with Crippen molar-refractivity contribution in [3.05, 3.63) is 23.9 Å². The molecule has 0 aromatic carbocycles. The van der Waals surface area contributed by atoms with Crippen LogP contribution in [-0.2, 0) is 16.0 Å². The summed E-state index contributed by atoms with van der Waals surface area (Å²) in [7, 11) is 3.79. The van der Waals surface area contributed by atoms with Gasteiger partial charge in [-0.2, -0.15) is 0 Å². The van der Waals surface area contributed by atoms with Gasteiger partial charge < -0.3 is 19.7 Å². The lowest BCUT2D eigenvalue weighted by Crippen LogP contribution is -2.33. The standard InChI is InChI=1S/C16H27N3O2/c1-19(13-15-5-3-4-9-21-15)16-7-6-14(12-18-16)11-17-8-10-20-2/h6-7,12,15,17H,3-5,8-11,13H2,1-2H3. The van der Waals surface area contributed by atoms with Gasteiger partial charge in [0.1, 0.15) is 5.82 Å². The average molecular weight is 293 g/mol. The summed E-state index contributed by atoms with van der Waals surface area (Å²) in [4.78, 5) is 6.72. The first-order valence-electron chi connectivity index (χ1n) is 7.77. The Balaban J connectivity index is 1.77. The number of likely N-dealkylation sites (N-methyl/N-ethyl adjacent to an activating group) is 1. The average Bonchev–Trinajstić information content (AvgIpc) is 2.53. The third kappa shape index (κ3) is 5.61. The number of nitrogens with one attached hydrogen (secondary N) is 1. The maximum atomic E-state index is 5.78. The molecule has 1 N–H and O–H groups in total. The molecule has 1 aliphatic rings. The van der Waals surface area contributed by atoms with Crippen LogP contribution in [0.15, 0.2) is 18.3 Å². The van der Waals surface area contributed by atoms with E-state index < -0.39 is 0 Å². The van der Waals surface area contributed by atoms with Crippen molar-refractivity contribution in [3.63, 3.8) is 0 Å². The largest absolute Gasteiger partial charge is 0.383 e. The van der Waals surface area contributed by atoms with E-state index in [4.69, 9.17) is 9.47 Å². The van der Waals surface area contributed by atoms with Gasteiger partial charge in [-0.3, -0.25) is 0 Å². The second-order valence-electron chi connectivity index (χ2n) is 5.56. The van der Waals surface area contributed by atoms with Crippen molar-refractivity contribution in [2.75, 3.05) is 45.4 Å². The Morgan fingerprint density at radius 3 is 3.00 bits per heavy atom. The molecule has 21 heavy (non-hydrogen) atoms. The quantitative estimate of drug-likeness (QED) is 0.741. The van der Waals surface area contributed by atoms with Crippen LogP contribution in [0.3, 0.4) is 0 Å². The first-order valence-corrected chi connectivity index (χ1v) is 7.77. The van der Waals surface area contributed by atoms with Crippen molar-refractivity contribution in [2.24, 2.45) is 0 Å². The highest BCUT2D eigenvalue weighted by molar-refractivity contribution is 5.38. The SMILES string of the molecule is COCCNCc1ccc(N(C)CC2CCCCO2)nc1. The molecule has 0 bridgehead atoms. The van der Waals surface area contributed by atoms with Gasteiger partial charge >= 0.3 is 0 Å². The van der Waals surface area contributed by atoms with E-state index in [-0.39, 0.29) is 0 Å². The van der Waals surface area contributed by atoms with Crippen molar-refractivity contribution in [3.8, 4) is 0 Å². The molecule has 0 aliphatic carbocycles. The van der Waals surface area contributed by atoms with Crippen LogP contribution in [0.2, 0.25) is 0 Å². The minimum absolute atomic E-state index is 0.348. The van der Waals surface area contributed by atoms with Gasteiger partial charge in [-0.15, -0.1) is 0 Å². The van der Waals surface area contributed by atoms with Crippen molar-refractivity contribution in [2.45, 2.75) is 31.9 Å². The van der Waals surface area contributed by atoms with Crippen LogP contribution in [0.5, 0.6) is 0 Å². The zero-order valence-corrected chi connectivity index (χ0v) is 13.2. The lowest BCUT2D eigenvalue weighted by atomic mass is 10.1. The number of hydrogen-bond acceptors (Lipinski definition) is 5. The Bertz CT molecular complexity index is 391. The summed E-state index contributed by atoms with van der Waals surface area (Å²) < 4.78 is 10.8. The zero-order chi connectivity index (χ0) is 14.9. The fourth-order valence-corrected chi connectivity index (χ4v) is 2.50. The summed E-state index contributed by atoms with van der Waals surface area (Å²) in [6, 6.07) is 4.20. The maximum absolute atomic E-state index is 5.78. The molecule has 0 saturated carbocycles. The number of methoxy groups -OCH3 is 1. The monoisotopic (exact) mass is 293 g/mol. The van der Waals surface area contributed by atoms with E-state index in [1.807, 2.05) is 6.20 Å². The highest BCUT2D eigenvalue weighted by atomic mass is 16.5. The summed E-state index contributed by atoms with van der Waals surface area (Å²) in [5, 5.41) is 3.32. The summed E-state index contributed by atoms with van der Waals surface area (Å²) in [5.41, 5.74) is 1.19. The summed E-state index contributed by atoms with van der Waals surface area (Å²) in [6.07, 6.45) is 5.92. The molecular weight excluding hydrogens is 266 g/mol. The third-order valence-corrected chi connectivity index (χ3v) is 3.76. The number of nitrogens with zero attached hydrogens (tertiary/aromatic N) is 2. The second-order valence-corrected chi connectivity index (χ2v) is 5.56. The van der Waals surface area contributed by atoms with Gasteiger partial charge in [-0.1, -0.05) is 6.07 Å². The topological polar surface area (TPSA) is 46.6 Å². The Labute approximate surface area is 127 Å². The molecular formula is C16H27N3O2. The lowest BCUT2D eigenvalue weighted by Gasteiger charge is -2.28. The number of pyridine rings is 1. The first-order chi connectivity index (χ1) is 10.3. The van der Waals surface area contributed by atoms with Crippen LogP contribution in [-0.4, -0.2) is 51.5 Å². The minimum atomic E-state index is 0.348. The Kier molecular flexibility index (Phi) is 6.92. The van der Waals surface area contributed by atoms with Crippen molar-refractivity contribution >= 4 is 5.82 Å². The molecule has 5 nitrogen and oxygen atoms in total.